The lowest BCUT2D eigenvalue weighted by Gasteiger charge is -2.18. The smallest absolute Gasteiger partial charge is 0.264 e. The van der Waals surface area contributed by atoms with Crippen molar-refractivity contribution < 1.29 is 14.6 Å². The number of methoxy groups -OCH3 is 1. The van der Waals surface area contributed by atoms with Gasteiger partial charge in [-0.2, -0.15) is 4.98 Å². The molecule has 1 aliphatic rings. The number of ether oxygens (including phenoxy) is 1. The van der Waals surface area contributed by atoms with Crippen LogP contribution in [-0.4, -0.2) is 40.9 Å². The summed E-state index contributed by atoms with van der Waals surface area (Å²) in [6.45, 7) is 1.89. The number of hydrogen-bond donors (Lipinski definition) is 1. The van der Waals surface area contributed by atoms with Crippen molar-refractivity contribution >= 4 is 23.5 Å². The van der Waals surface area contributed by atoms with Crippen LogP contribution in [0.4, 0.5) is 5.82 Å². The molecule has 0 fully saturated rings. The summed E-state index contributed by atoms with van der Waals surface area (Å²) in [6.07, 6.45) is 2.52. The van der Waals surface area contributed by atoms with Crippen LogP contribution in [-0.2, 0) is 16.8 Å². The Hall–Kier alpha value is -2.12. The average Bonchev–Trinajstić information content (AvgIpc) is 2.80. The van der Waals surface area contributed by atoms with Gasteiger partial charge in [0.25, 0.3) is 5.91 Å². The lowest BCUT2D eigenvalue weighted by atomic mass is 10.0. The minimum Gasteiger partial charge on any atom is -0.481 e. The van der Waals surface area contributed by atoms with E-state index < -0.39 is 11.5 Å². The molecule has 1 aromatic carbocycles. The summed E-state index contributed by atoms with van der Waals surface area (Å²) in [5, 5.41) is 11.2. The van der Waals surface area contributed by atoms with Crippen molar-refractivity contribution in [2.24, 2.45) is 0 Å². The molecule has 1 aliphatic heterocycles. The molecule has 3 rings (SSSR count). The number of anilines is 1. The number of thioether (sulfide) groups is 1. The molecular weight excluding hydrogens is 326 g/mol. The second kappa shape index (κ2) is 6.41. The van der Waals surface area contributed by atoms with Gasteiger partial charge in [-0.3, -0.25) is 9.69 Å². The Bertz CT molecular complexity index is 765. The van der Waals surface area contributed by atoms with E-state index in [0.717, 1.165) is 5.56 Å². The number of carbonyl (C=O) groups is 1. The van der Waals surface area contributed by atoms with E-state index >= 15 is 0 Å². The first-order valence-corrected chi connectivity index (χ1v) is 8.80. The van der Waals surface area contributed by atoms with E-state index in [-0.39, 0.29) is 5.88 Å². The van der Waals surface area contributed by atoms with Crippen LogP contribution < -0.4 is 9.64 Å². The number of aromatic nitrogens is 2. The molecule has 1 atom stereocenters. The lowest BCUT2D eigenvalue weighted by molar-refractivity contribution is -0.134. The largest absolute Gasteiger partial charge is 0.481 e. The van der Waals surface area contributed by atoms with Gasteiger partial charge in [-0.25, -0.2) is 4.98 Å². The summed E-state index contributed by atoms with van der Waals surface area (Å²) in [4.78, 5) is 22.9. The van der Waals surface area contributed by atoms with Crippen LogP contribution in [0.15, 0.2) is 35.5 Å². The Balaban J connectivity index is 1.99. The number of aliphatic hydroxyl groups is 1. The fraction of sp³-hybridized carbons (Fsp3) is 0.353. The predicted molar refractivity (Wildman–Crippen MR) is 92.4 cm³/mol. The first-order chi connectivity index (χ1) is 11.5. The Kier molecular flexibility index (Phi) is 4.47. The van der Waals surface area contributed by atoms with E-state index in [9.17, 15) is 9.90 Å². The number of amides is 1. The first-order valence-electron chi connectivity index (χ1n) is 7.57. The summed E-state index contributed by atoms with van der Waals surface area (Å²) < 4.78 is 5.29. The number of carbonyl (C=O) groups excluding carboxylic acids is 1. The van der Waals surface area contributed by atoms with Gasteiger partial charge in [-0.05, 0) is 25.2 Å². The highest BCUT2D eigenvalue weighted by Gasteiger charge is 2.50. The van der Waals surface area contributed by atoms with E-state index in [1.165, 1.54) is 30.7 Å². The molecule has 0 saturated carbocycles. The second-order valence-electron chi connectivity index (χ2n) is 5.68. The molecule has 1 unspecified atom stereocenters. The average molecular weight is 345 g/mol. The van der Waals surface area contributed by atoms with Crippen LogP contribution in [0.1, 0.15) is 18.1 Å². The first kappa shape index (κ1) is 16.7. The van der Waals surface area contributed by atoms with Crippen LogP contribution >= 0.6 is 11.8 Å². The molecule has 0 aliphatic carbocycles. The van der Waals surface area contributed by atoms with Crippen LogP contribution in [0.5, 0.6) is 5.88 Å². The van der Waals surface area contributed by atoms with Crippen molar-refractivity contribution in [3.05, 3.63) is 41.5 Å². The molecule has 7 heteroatoms. The molecule has 2 aromatic rings. The van der Waals surface area contributed by atoms with Gasteiger partial charge in [0.2, 0.25) is 5.88 Å². The molecule has 6 nitrogen and oxygen atoms in total. The molecule has 1 aromatic heterocycles. The van der Waals surface area contributed by atoms with Crippen molar-refractivity contribution in [2.75, 3.05) is 24.8 Å². The molecule has 1 amide bonds. The highest BCUT2D eigenvalue weighted by atomic mass is 32.2. The van der Waals surface area contributed by atoms with Gasteiger partial charge in [0.15, 0.2) is 16.6 Å². The van der Waals surface area contributed by atoms with Crippen LogP contribution in [0.2, 0.25) is 0 Å². The summed E-state index contributed by atoms with van der Waals surface area (Å²) in [6, 6.07) is 9.89. The fourth-order valence-corrected chi connectivity index (χ4v) is 3.18. The van der Waals surface area contributed by atoms with Gasteiger partial charge in [0.1, 0.15) is 0 Å². The molecule has 2 heterocycles. The minimum absolute atomic E-state index is 0.241. The van der Waals surface area contributed by atoms with Crippen molar-refractivity contribution in [1.29, 1.82) is 0 Å². The highest BCUT2D eigenvalue weighted by molar-refractivity contribution is 7.98. The summed E-state index contributed by atoms with van der Waals surface area (Å²) in [5.41, 5.74) is -0.237. The van der Waals surface area contributed by atoms with Crippen molar-refractivity contribution in [1.82, 2.24) is 9.97 Å². The number of nitrogens with zero attached hydrogens (tertiary/aromatic N) is 3. The molecule has 0 spiro atoms. The Labute approximate surface area is 144 Å². The summed E-state index contributed by atoms with van der Waals surface area (Å²) in [5.74, 6) is 0.265. The summed E-state index contributed by atoms with van der Waals surface area (Å²) in [7, 11) is 1.47. The molecule has 1 N–H and O–H groups in total. The van der Waals surface area contributed by atoms with E-state index in [2.05, 4.69) is 9.97 Å². The quantitative estimate of drug-likeness (QED) is 0.660. The highest BCUT2D eigenvalue weighted by Crippen LogP contribution is 2.44. The van der Waals surface area contributed by atoms with Gasteiger partial charge in [0, 0.05) is 6.54 Å². The second-order valence-corrected chi connectivity index (χ2v) is 6.46. The van der Waals surface area contributed by atoms with Crippen LogP contribution in [0, 0.1) is 0 Å². The van der Waals surface area contributed by atoms with Crippen molar-refractivity contribution in [2.45, 2.75) is 24.1 Å². The lowest BCUT2D eigenvalue weighted by Crippen LogP contribution is -2.39. The number of fused-ring (bicyclic) bond motifs is 1. The monoisotopic (exact) mass is 345 g/mol. The van der Waals surface area contributed by atoms with Gasteiger partial charge in [-0.15, -0.1) is 0 Å². The van der Waals surface area contributed by atoms with Gasteiger partial charge in [0.05, 0.1) is 12.7 Å². The number of benzene rings is 1. The zero-order valence-corrected chi connectivity index (χ0v) is 14.6. The molecular formula is C17H19N3O3S. The molecule has 126 valence electrons. The third kappa shape index (κ3) is 2.74. The predicted octanol–water partition coefficient (Wildman–Crippen LogP) is 2.00. The van der Waals surface area contributed by atoms with Crippen LogP contribution in [0.25, 0.3) is 0 Å². The minimum atomic E-state index is -1.69. The maximum absolute atomic E-state index is 12.7. The van der Waals surface area contributed by atoms with E-state index in [4.69, 9.17) is 4.74 Å². The maximum Gasteiger partial charge on any atom is 0.264 e. The van der Waals surface area contributed by atoms with Gasteiger partial charge < -0.3 is 9.84 Å². The van der Waals surface area contributed by atoms with Gasteiger partial charge in [-0.1, -0.05) is 42.1 Å². The SMILES string of the molecule is COc1nc(SC)nc2c1C(C)(O)C(=O)N2CCc1ccccc1. The topological polar surface area (TPSA) is 75.5 Å². The van der Waals surface area contributed by atoms with Crippen molar-refractivity contribution in [3.8, 4) is 5.88 Å². The molecule has 0 radical (unpaired) electrons. The maximum atomic E-state index is 12.7. The van der Waals surface area contributed by atoms with Crippen LogP contribution in [0.3, 0.4) is 0 Å². The molecule has 0 bridgehead atoms. The van der Waals surface area contributed by atoms with Gasteiger partial charge >= 0.3 is 0 Å². The normalized spacial score (nSPS) is 19.5. The Morgan fingerprint density at radius 2 is 2.00 bits per heavy atom. The third-order valence-corrected chi connectivity index (χ3v) is 4.63. The third-order valence-electron chi connectivity index (χ3n) is 4.08. The van der Waals surface area contributed by atoms with E-state index in [1.54, 1.807) is 0 Å². The summed E-state index contributed by atoms with van der Waals surface area (Å²) >= 11 is 1.36. The van der Waals surface area contributed by atoms with Crippen molar-refractivity contribution in [3.63, 3.8) is 0 Å². The molecule has 0 saturated heterocycles. The van der Waals surface area contributed by atoms with E-state index in [0.29, 0.717) is 29.5 Å². The Morgan fingerprint density at radius 1 is 1.29 bits per heavy atom. The number of rotatable bonds is 5. The Morgan fingerprint density at radius 3 is 2.62 bits per heavy atom. The standard InChI is InChI=1S/C17H19N3O3S/c1-17(22)12-13(18-16(24-3)19-14(12)23-2)20(15(17)21)10-9-11-7-5-4-6-8-11/h4-8,22H,9-10H2,1-3H3. The zero-order valence-electron chi connectivity index (χ0n) is 13.8. The van der Waals surface area contributed by atoms with E-state index in [1.807, 2.05) is 36.6 Å². The zero-order chi connectivity index (χ0) is 17.3. The fourth-order valence-electron chi connectivity index (χ4n) is 2.83. The molecule has 24 heavy (non-hydrogen) atoms. The number of hydrogen-bond acceptors (Lipinski definition) is 6.